The lowest BCUT2D eigenvalue weighted by Crippen LogP contribution is -2.31. The number of para-hydroxylation sites is 2. The van der Waals surface area contributed by atoms with E-state index >= 15 is 0 Å². The van der Waals surface area contributed by atoms with Crippen LogP contribution >= 0.6 is 0 Å². The molecule has 1 aliphatic rings. The van der Waals surface area contributed by atoms with Crippen LogP contribution in [0.3, 0.4) is 0 Å². The topological polar surface area (TPSA) is 29.5 Å². The van der Waals surface area contributed by atoms with Crippen LogP contribution in [0.4, 0.5) is 11.4 Å². The van der Waals surface area contributed by atoms with Gasteiger partial charge in [-0.1, -0.05) is 206 Å². The molecule has 0 aliphatic heterocycles. The maximum absolute atomic E-state index is 6.80. The van der Waals surface area contributed by atoms with Gasteiger partial charge in [-0.05, 0) is 103 Å². The Bertz CT molecular complexity index is 4240. The summed E-state index contributed by atoms with van der Waals surface area (Å²) in [5.41, 5.74) is 15.2. The van der Waals surface area contributed by atoms with E-state index in [4.69, 9.17) is 8.83 Å². The summed E-state index contributed by atoms with van der Waals surface area (Å²) in [7, 11) is 0. The normalized spacial score (nSPS) is 13.9. The number of nitrogens with zero attached hydrogens (tertiary/aromatic N) is 1. The molecule has 0 saturated carbocycles. The van der Waals surface area contributed by atoms with Gasteiger partial charge < -0.3 is 13.7 Å². The van der Waals surface area contributed by atoms with E-state index in [1.54, 1.807) is 0 Å². The summed E-state index contributed by atoms with van der Waals surface area (Å²) in [5, 5.41) is 11.8. The lowest BCUT2D eigenvalue weighted by atomic mass is 9.89. The van der Waals surface area contributed by atoms with E-state index in [9.17, 15) is 0 Å². The lowest BCUT2D eigenvalue weighted by molar-refractivity contribution is 0.669. The number of furan rings is 2. The highest BCUT2D eigenvalue weighted by Crippen LogP contribution is 2.48. The first kappa shape index (κ1) is 39.3. The molecular formula is C66H43NO2. The van der Waals surface area contributed by atoms with Crippen LogP contribution in [-0.4, -0.2) is 6.04 Å². The Kier molecular flexibility index (Phi) is 9.03. The molecule has 11 aromatic carbocycles. The Morgan fingerprint density at radius 1 is 0.362 bits per heavy atom. The van der Waals surface area contributed by atoms with Crippen molar-refractivity contribution in [3.05, 3.63) is 248 Å². The molecule has 0 spiro atoms. The van der Waals surface area contributed by atoms with Crippen LogP contribution < -0.4 is 4.90 Å². The van der Waals surface area contributed by atoms with Crippen molar-refractivity contribution >= 4 is 93.1 Å². The van der Waals surface area contributed by atoms with E-state index in [1.165, 1.54) is 43.6 Å². The highest BCUT2D eigenvalue weighted by molar-refractivity contribution is 6.20. The smallest absolute Gasteiger partial charge is 0.143 e. The van der Waals surface area contributed by atoms with Crippen LogP contribution in [0.5, 0.6) is 0 Å². The fourth-order valence-electron chi connectivity index (χ4n) is 11.2. The van der Waals surface area contributed by atoms with Crippen LogP contribution in [0.2, 0.25) is 0 Å². The number of allylic oxidation sites excluding steroid dienone is 2. The third-order valence-corrected chi connectivity index (χ3v) is 14.4. The number of hydrogen-bond donors (Lipinski definition) is 0. The van der Waals surface area contributed by atoms with Crippen LogP contribution in [0.1, 0.15) is 12.0 Å². The fraction of sp³-hybridized carbons (Fsp3) is 0.0303. The number of benzene rings is 11. The Balaban J connectivity index is 1.00. The molecule has 1 atom stereocenters. The summed E-state index contributed by atoms with van der Waals surface area (Å²) in [6, 6.07) is 81.1. The molecule has 324 valence electrons. The average molecular weight is 882 g/mol. The predicted octanol–water partition coefficient (Wildman–Crippen LogP) is 18.5. The van der Waals surface area contributed by atoms with Gasteiger partial charge in [0, 0.05) is 43.7 Å². The summed E-state index contributed by atoms with van der Waals surface area (Å²) in [5.74, 6) is 0. The molecule has 0 bridgehead atoms. The zero-order valence-electron chi connectivity index (χ0n) is 37.6. The number of anilines is 2. The Hall–Kier alpha value is -8.92. The standard InChI is InChI=1S/C66H43NO2/c1-2-15-42(16-3-1)50-38-35-46(49-23-12-25-53-48-19-6-4-17-43(48)33-39-54(49)53)41-60(50)67(47-36-31-45(32-37-47)51-24-13-29-62-64(51)57-22-9-11-28-61(57)68-62)59-27-10-8-21-55(59)56-26-14-30-63-65(56)58-40-34-44-18-5-7-20-52(44)66(58)69-63/h1-36,38-41,47H,37H2. The maximum atomic E-state index is 6.80. The van der Waals surface area contributed by atoms with Crippen molar-refractivity contribution in [1.29, 1.82) is 0 Å². The van der Waals surface area contributed by atoms with Crippen LogP contribution in [-0.2, 0) is 0 Å². The van der Waals surface area contributed by atoms with Gasteiger partial charge in [-0.2, -0.15) is 0 Å². The summed E-state index contributed by atoms with van der Waals surface area (Å²) in [6.45, 7) is 0. The maximum Gasteiger partial charge on any atom is 0.143 e. The SMILES string of the molecule is C1=CC(N(c2cc(-c3cccc4c3ccc3ccccc34)ccc2-c2ccccc2)c2ccccc2-c2cccc3oc4c5ccccc5ccc4c23)CC=C1c1cccc2oc3ccccc3c12. The van der Waals surface area contributed by atoms with Crippen molar-refractivity contribution in [2.75, 3.05) is 4.90 Å². The number of hydrogen-bond acceptors (Lipinski definition) is 3. The van der Waals surface area contributed by atoms with Crippen LogP contribution in [0.15, 0.2) is 252 Å². The molecular weight excluding hydrogens is 839 g/mol. The molecule has 2 aromatic heterocycles. The lowest BCUT2D eigenvalue weighted by Gasteiger charge is -2.36. The van der Waals surface area contributed by atoms with Crippen molar-refractivity contribution in [2.24, 2.45) is 0 Å². The Morgan fingerprint density at radius 3 is 1.83 bits per heavy atom. The summed E-state index contributed by atoms with van der Waals surface area (Å²) in [4.78, 5) is 2.61. The Labute approximate surface area is 399 Å². The highest BCUT2D eigenvalue weighted by Gasteiger charge is 2.28. The van der Waals surface area contributed by atoms with Crippen molar-refractivity contribution in [3.8, 4) is 33.4 Å². The van der Waals surface area contributed by atoms with E-state index in [0.717, 1.165) is 94.9 Å². The minimum atomic E-state index is -0.0476. The second-order valence-corrected chi connectivity index (χ2v) is 18.2. The van der Waals surface area contributed by atoms with Crippen molar-refractivity contribution in [3.63, 3.8) is 0 Å². The monoisotopic (exact) mass is 881 g/mol. The van der Waals surface area contributed by atoms with Gasteiger partial charge in [0.1, 0.15) is 22.3 Å². The number of rotatable bonds is 7. The molecule has 2 heterocycles. The van der Waals surface area contributed by atoms with E-state index in [2.05, 4.69) is 242 Å². The Morgan fingerprint density at radius 2 is 0.986 bits per heavy atom. The third kappa shape index (κ3) is 6.35. The van der Waals surface area contributed by atoms with Gasteiger partial charge in [0.25, 0.3) is 0 Å². The molecule has 0 amide bonds. The van der Waals surface area contributed by atoms with Crippen LogP contribution in [0, 0.1) is 0 Å². The van der Waals surface area contributed by atoms with Crippen molar-refractivity contribution < 1.29 is 8.83 Å². The van der Waals surface area contributed by atoms with Gasteiger partial charge in [0.15, 0.2) is 0 Å². The molecule has 1 unspecified atom stereocenters. The minimum Gasteiger partial charge on any atom is -0.456 e. The van der Waals surface area contributed by atoms with E-state index in [1.807, 2.05) is 6.07 Å². The van der Waals surface area contributed by atoms with Gasteiger partial charge >= 0.3 is 0 Å². The summed E-state index contributed by atoms with van der Waals surface area (Å²) < 4.78 is 13.2. The fourth-order valence-corrected chi connectivity index (χ4v) is 11.2. The predicted molar refractivity (Wildman–Crippen MR) is 290 cm³/mol. The zero-order chi connectivity index (χ0) is 45.4. The van der Waals surface area contributed by atoms with Crippen LogP contribution in [0.25, 0.3) is 115 Å². The molecule has 69 heavy (non-hydrogen) atoms. The van der Waals surface area contributed by atoms with Gasteiger partial charge in [0.05, 0.1) is 11.7 Å². The van der Waals surface area contributed by atoms with E-state index in [0.29, 0.717) is 0 Å². The van der Waals surface area contributed by atoms with E-state index < -0.39 is 0 Å². The second-order valence-electron chi connectivity index (χ2n) is 18.2. The molecule has 3 heteroatoms. The second kappa shape index (κ2) is 15.9. The largest absolute Gasteiger partial charge is 0.456 e. The quantitative estimate of drug-likeness (QED) is 0.149. The molecule has 0 radical (unpaired) electrons. The van der Waals surface area contributed by atoms with E-state index in [-0.39, 0.29) is 6.04 Å². The summed E-state index contributed by atoms with van der Waals surface area (Å²) >= 11 is 0. The first-order valence-corrected chi connectivity index (χ1v) is 23.8. The van der Waals surface area contributed by atoms with Gasteiger partial charge in [0.2, 0.25) is 0 Å². The minimum absolute atomic E-state index is 0.0476. The first-order chi connectivity index (χ1) is 34.2. The molecule has 0 saturated heterocycles. The van der Waals surface area contributed by atoms with Gasteiger partial charge in [-0.25, -0.2) is 0 Å². The summed E-state index contributed by atoms with van der Waals surface area (Å²) in [6.07, 6.45) is 7.94. The molecule has 0 N–H and O–H groups in total. The van der Waals surface area contributed by atoms with Crippen molar-refractivity contribution in [1.82, 2.24) is 0 Å². The van der Waals surface area contributed by atoms with Gasteiger partial charge in [-0.3, -0.25) is 0 Å². The molecule has 0 fully saturated rings. The molecule has 1 aliphatic carbocycles. The molecule has 14 rings (SSSR count). The average Bonchev–Trinajstić information content (AvgIpc) is 4.01. The molecule has 3 nitrogen and oxygen atoms in total. The highest BCUT2D eigenvalue weighted by atomic mass is 16.3. The van der Waals surface area contributed by atoms with Gasteiger partial charge in [-0.15, -0.1) is 0 Å². The third-order valence-electron chi connectivity index (χ3n) is 14.4. The number of fused-ring (bicyclic) bond motifs is 11. The first-order valence-electron chi connectivity index (χ1n) is 23.8. The van der Waals surface area contributed by atoms with Crippen molar-refractivity contribution in [2.45, 2.75) is 12.5 Å². The zero-order valence-corrected chi connectivity index (χ0v) is 37.6. The molecule has 13 aromatic rings.